The molecule has 3 aliphatic heterocycles. The maximum atomic E-state index is 12.5. The van der Waals surface area contributed by atoms with Crippen LogP contribution >= 0.6 is 0 Å². The van der Waals surface area contributed by atoms with Crippen molar-refractivity contribution in [1.29, 1.82) is 0 Å². The lowest BCUT2D eigenvalue weighted by atomic mass is 10.0. The van der Waals surface area contributed by atoms with Crippen LogP contribution in [0.1, 0.15) is 33.1 Å². The molecular weight excluding hydrogens is 256 g/mol. The largest absolute Gasteiger partial charge is 0.327 e. The molecule has 3 aliphatic rings. The second kappa shape index (κ2) is 5.00. The van der Waals surface area contributed by atoms with Gasteiger partial charge in [-0.1, -0.05) is 0 Å². The molecule has 20 heavy (non-hydrogen) atoms. The molecule has 3 rings (SSSR count). The molecule has 3 fully saturated rings. The van der Waals surface area contributed by atoms with E-state index < -0.39 is 6.04 Å². The molecule has 0 aliphatic carbocycles. The number of imide groups is 1. The summed E-state index contributed by atoms with van der Waals surface area (Å²) in [5, 5.41) is 0. The van der Waals surface area contributed by atoms with E-state index in [4.69, 9.17) is 5.73 Å². The van der Waals surface area contributed by atoms with Crippen molar-refractivity contribution in [2.24, 2.45) is 5.73 Å². The van der Waals surface area contributed by atoms with Crippen molar-refractivity contribution in [1.82, 2.24) is 14.7 Å². The number of nitrogens with two attached hydrogens (primary N) is 1. The molecule has 0 aromatic heterocycles. The second-order valence-corrected chi connectivity index (χ2v) is 6.44. The zero-order chi connectivity index (χ0) is 14.4. The molecule has 3 amide bonds. The van der Waals surface area contributed by atoms with E-state index in [9.17, 15) is 9.59 Å². The molecule has 112 valence electrons. The Hall–Kier alpha value is -1.14. The quantitative estimate of drug-likeness (QED) is 0.735. The van der Waals surface area contributed by atoms with Crippen LogP contribution in [0.25, 0.3) is 0 Å². The predicted molar refractivity (Wildman–Crippen MR) is 75.1 cm³/mol. The predicted octanol–water partition coefficient (Wildman–Crippen LogP) is 0.223. The number of nitrogens with zero attached hydrogens (tertiary/aromatic N) is 3. The summed E-state index contributed by atoms with van der Waals surface area (Å²) in [6.07, 6.45) is 2.50. The SMILES string of the molecule is CC(C)N1CCC(N2C(=O)[C@@H]3[C@H](N)CCN3C2=O)CC1. The highest BCUT2D eigenvalue weighted by molar-refractivity contribution is 6.05. The molecule has 6 heteroatoms. The van der Waals surface area contributed by atoms with Gasteiger partial charge in [-0.15, -0.1) is 0 Å². The monoisotopic (exact) mass is 280 g/mol. The van der Waals surface area contributed by atoms with Crippen molar-refractivity contribution in [2.45, 2.75) is 57.3 Å². The maximum absolute atomic E-state index is 12.5. The summed E-state index contributed by atoms with van der Waals surface area (Å²) in [4.78, 5) is 30.5. The van der Waals surface area contributed by atoms with E-state index in [-0.39, 0.29) is 24.0 Å². The number of fused-ring (bicyclic) bond motifs is 1. The third kappa shape index (κ3) is 2.02. The van der Waals surface area contributed by atoms with Crippen molar-refractivity contribution in [2.75, 3.05) is 19.6 Å². The number of hydrogen-bond donors (Lipinski definition) is 1. The summed E-state index contributed by atoms with van der Waals surface area (Å²) in [6, 6.07) is -0.117. The number of carbonyl (C=O) groups is 2. The Bertz CT molecular complexity index is 417. The second-order valence-electron chi connectivity index (χ2n) is 6.44. The topological polar surface area (TPSA) is 69.9 Å². The Kier molecular flexibility index (Phi) is 3.46. The van der Waals surface area contributed by atoms with E-state index in [1.807, 2.05) is 0 Å². The number of hydrogen-bond acceptors (Lipinski definition) is 4. The zero-order valence-corrected chi connectivity index (χ0v) is 12.3. The van der Waals surface area contributed by atoms with Crippen LogP contribution in [0.3, 0.4) is 0 Å². The summed E-state index contributed by atoms with van der Waals surface area (Å²) >= 11 is 0. The van der Waals surface area contributed by atoms with Crippen LogP contribution in [-0.2, 0) is 4.79 Å². The van der Waals surface area contributed by atoms with Crippen LogP contribution < -0.4 is 5.73 Å². The normalized spacial score (nSPS) is 32.6. The van der Waals surface area contributed by atoms with Crippen molar-refractivity contribution in [3.05, 3.63) is 0 Å². The Labute approximate surface area is 119 Å². The number of likely N-dealkylation sites (tertiary alicyclic amines) is 1. The van der Waals surface area contributed by atoms with Crippen molar-refractivity contribution < 1.29 is 9.59 Å². The molecule has 2 N–H and O–H groups in total. The van der Waals surface area contributed by atoms with Gasteiger partial charge in [0.1, 0.15) is 6.04 Å². The maximum Gasteiger partial charge on any atom is 0.327 e. The molecule has 0 radical (unpaired) electrons. The molecule has 3 saturated heterocycles. The number of carbonyl (C=O) groups excluding carboxylic acids is 2. The Morgan fingerprint density at radius 2 is 1.75 bits per heavy atom. The highest BCUT2D eigenvalue weighted by Gasteiger charge is 2.53. The molecule has 0 saturated carbocycles. The van der Waals surface area contributed by atoms with Gasteiger partial charge in [0.15, 0.2) is 0 Å². The summed E-state index contributed by atoms with van der Waals surface area (Å²) in [5.74, 6) is -0.0667. The van der Waals surface area contributed by atoms with Gasteiger partial charge in [-0.25, -0.2) is 4.79 Å². The third-order valence-electron chi connectivity index (χ3n) is 4.98. The molecule has 2 atom stereocenters. The Morgan fingerprint density at radius 3 is 2.30 bits per heavy atom. The van der Waals surface area contributed by atoms with Crippen LogP contribution in [0.4, 0.5) is 4.79 Å². The molecule has 0 aromatic carbocycles. The molecule has 0 unspecified atom stereocenters. The average molecular weight is 280 g/mol. The van der Waals surface area contributed by atoms with Crippen molar-refractivity contribution in [3.63, 3.8) is 0 Å². The first-order chi connectivity index (χ1) is 9.50. The van der Waals surface area contributed by atoms with Crippen LogP contribution in [0, 0.1) is 0 Å². The standard InChI is InChI=1S/C14H24N4O2/c1-9(2)16-6-3-10(4-7-16)18-13(19)12-11(15)5-8-17(12)14(18)20/h9-12H,3-8,15H2,1-2H3/t11-,12+/m1/s1. The first-order valence-corrected chi connectivity index (χ1v) is 7.64. The molecule has 6 nitrogen and oxygen atoms in total. The zero-order valence-electron chi connectivity index (χ0n) is 12.3. The summed E-state index contributed by atoms with van der Waals surface area (Å²) in [6.45, 7) is 6.90. The number of amides is 3. The third-order valence-corrected chi connectivity index (χ3v) is 4.98. The fourth-order valence-electron chi connectivity index (χ4n) is 3.72. The molecule has 0 aromatic rings. The van der Waals surface area contributed by atoms with E-state index in [0.29, 0.717) is 12.6 Å². The van der Waals surface area contributed by atoms with Crippen LogP contribution in [0.15, 0.2) is 0 Å². The number of piperidine rings is 1. The van der Waals surface area contributed by atoms with Gasteiger partial charge in [0.2, 0.25) is 0 Å². The first kappa shape index (κ1) is 13.8. The van der Waals surface area contributed by atoms with Crippen molar-refractivity contribution in [3.8, 4) is 0 Å². The van der Waals surface area contributed by atoms with E-state index in [2.05, 4.69) is 18.7 Å². The smallest absolute Gasteiger partial charge is 0.325 e. The fourth-order valence-corrected chi connectivity index (χ4v) is 3.72. The minimum Gasteiger partial charge on any atom is -0.325 e. The lowest BCUT2D eigenvalue weighted by Crippen LogP contribution is -2.50. The van der Waals surface area contributed by atoms with E-state index in [1.54, 1.807) is 4.90 Å². The van der Waals surface area contributed by atoms with Gasteiger partial charge in [-0.3, -0.25) is 9.69 Å². The van der Waals surface area contributed by atoms with Crippen molar-refractivity contribution >= 4 is 11.9 Å². The Balaban J connectivity index is 1.70. The van der Waals surface area contributed by atoms with E-state index in [0.717, 1.165) is 32.4 Å². The summed E-state index contributed by atoms with van der Waals surface area (Å²) in [5.41, 5.74) is 5.98. The number of urea groups is 1. The van der Waals surface area contributed by atoms with Gasteiger partial charge in [-0.2, -0.15) is 0 Å². The highest BCUT2D eigenvalue weighted by atomic mass is 16.2. The molecule has 0 bridgehead atoms. The highest BCUT2D eigenvalue weighted by Crippen LogP contribution is 2.31. The number of rotatable bonds is 2. The van der Waals surface area contributed by atoms with Crippen LogP contribution in [-0.4, -0.2) is 70.4 Å². The minimum atomic E-state index is -0.398. The minimum absolute atomic E-state index is 0.0581. The van der Waals surface area contributed by atoms with Gasteiger partial charge >= 0.3 is 6.03 Å². The van der Waals surface area contributed by atoms with Gasteiger partial charge in [0, 0.05) is 37.8 Å². The molecular formula is C14H24N4O2. The van der Waals surface area contributed by atoms with Crippen LogP contribution in [0.2, 0.25) is 0 Å². The average Bonchev–Trinajstić information content (AvgIpc) is 2.91. The van der Waals surface area contributed by atoms with Gasteiger partial charge in [-0.05, 0) is 33.1 Å². The molecule has 3 heterocycles. The van der Waals surface area contributed by atoms with E-state index >= 15 is 0 Å². The lowest BCUT2D eigenvalue weighted by molar-refractivity contribution is -0.130. The molecule has 0 spiro atoms. The lowest BCUT2D eigenvalue weighted by Gasteiger charge is -2.37. The van der Waals surface area contributed by atoms with Gasteiger partial charge < -0.3 is 15.5 Å². The van der Waals surface area contributed by atoms with E-state index in [1.165, 1.54) is 4.90 Å². The Morgan fingerprint density at radius 1 is 1.10 bits per heavy atom. The van der Waals surface area contributed by atoms with Gasteiger partial charge in [0.05, 0.1) is 0 Å². The summed E-state index contributed by atoms with van der Waals surface area (Å²) in [7, 11) is 0. The fraction of sp³-hybridized carbons (Fsp3) is 0.857. The van der Waals surface area contributed by atoms with Gasteiger partial charge in [0.25, 0.3) is 5.91 Å². The van der Waals surface area contributed by atoms with Crippen LogP contribution in [0.5, 0.6) is 0 Å². The summed E-state index contributed by atoms with van der Waals surface area (Å²) < 4.78 is 0. The first-order valence-electron chi connectivity index (χ1n) is 7.64.